The zero-order valence-electron chi connectivity index (χ0n) is 13.7. The summed E-state index contributed by atoms with van der Waals surface area (Å²) in [7, 11) is 0. The van der Waals surface area contributed by atoms with E-state index in [0.717, 1.165) is 17.7 Å². The molecule has 0 atom stereocenters. The number of ether oxygens (including phenoxy) is 1. The van der Waals surface area contributed by atoms with Crippen LogP contribution in [0.5, 0.6) is 5.88 Å². The number of aliphatic hydroxyl groups is 1. The molecule has 134 valence electrons. The van der Waals surface area contributed by atoms with Crippen LogP contribution in [0.4, 0.5) is 13.2 Å². The van der Waals surface area contributed by atoms with Crippen molar-refractivity contribution in [3.05, 3.63) is 83.4 Å². The molecule has 3 rings (SSSR count). The van der Waals surface area contributed by atoms with Crippen molar-refractivity contribution in [2.45, 2.75) is 19.4 Å². The molecular formula is C20H16F3NO2. The molecule has 0 fully saturated rings. The van der Waals surface area contributed by atoms with Gasteiger partial charge in [-0.05, 0) is 29.3 Å². The summed E-state index contributed by atoms with van der Waals surface area (Å²) in [5.74, 6) is 0.243. The summed E-state index contributed by atoms with van der Waals surface area (Å²) in [6, 6.07) is 17.5. The summed E-state index contributed by atoms with van der Waals surface area (Å²) in [5.41, 5.74) is 1.31. The van der Waals surface area contributed by atoms with Crippen molar-refractivity contribution in [2.75, 3.05) is 0 Å². The molecule has 1 aromatic heterocycles. The summed E-state index contributed by atoms with van der Waals surface area (Å²) >= 11 is 0. The second-order valence-corrected chi connectivity index (χ2v) is 5.71. The average molecular weight is 359 g/mol. The van der Waals surface area contributed by atoms with Gasteiger partial charge in [0, 0.05) is 11.6 Å². The van der Waals surface area contributed by atoms with E-state index >= 15 is 0 Å². The molecule has 6 heteroatoms. The molecule has 1 N–H and O–H groups in total. The zero-order valence-corrected chi connectivity index (χ0v) is 13.7. The number of halogens is 3. The lowest BCUT2D eigenvalue weighted by molar-refractivity contribution is -0.137. The Kier molecular flexibility index (Phi) is 5.23. The molecule has 0 radical (unpaired) electrons. The number of nitrogens with zero attached hydrogens (tertiary/aromatic N) is 1. The fraction of sp³-hybridized carbons (Fsp3) is 0.150. The van der Waals surface area contributed by atoms with E-state index in [9.17, 15) is 18.3 Å². The fourth-order valence-electron chi connectivity index (χ4n) is 2.46. The third-order valence-electron chi connectivity index (χ3n) is 3.76. The van der Waals surface area contributed by atoms with Crippen molar-refractivity contribution in [3.63, 3.8) is 0 Å². The third kappa shape index (κ3) is 4.40. The molecule has 0 bridgehead atoms. The van der Waals surface area contributed by atoms with Crippen LogP contribution in [-0.4, -0.2) is 10.1 Å². The van der Waals surface area contributed by atoms with Crippen molar-refractivity contribution >= 4 is 0 Å². The molecule has 0 spiro atoms. The van der Waals surface area contributed by atoms with E-state index < -0.39 is 11.7 Å². The van der Waals surface area contributed by atoms with Crippen LogP contribution in [0.15, 0.2) is 66.7 Å². The number of rotatable bonds is 5. The molecule has 1 heterocycles. The van der Waals surface area contributed by atoms with E-state index in [2.05, 4.69) is 4.98 Å². The van der Waals surface area contributed by atoms with E-state index in [0.29, 0.717) is 16.8 Å². The predicted molar refractivity (Wildman–Crippen MR) is 91.4 cm³/mol. The molecule has 0 aliphatic carbocycles. The van der Waals surface area contributed by atoms with E-state index in [1.54, 1.807) is 18.2 Å². The fourth-order valence-corrected chi connectivity index (χ4v) is 2.46. The standard InChI is InChI=1S/C20H16F3NO2/c21-20(22,23)17-8-4-7-16(11-17)18-9-15(12-25)10-19(24-18)26-13-14-5-2-1-3-6-14/h1-11,25H,12-13H2. The highest BCUT2D eigenvalue weighted by molar-refractivity contribution is 5.62. The van der Waals surface area contributed by atoms with Gasteiger partial charge in [-0.2, -0.15) is 13.2 Å². The molecule has 0 amide bonds. The lowest BCUT2D eigenvalue weighted by Gasteiger charge is -2.11. The normalized spacial score (nSPS) is 11.4. The number of aromatic nitrogens is 1. The minimum Gasteiger partial charge on any atom is -0.473 e. The van der Waals surface area contributed by atoms with Gasteiger partial charge in [0.05, 0.1) is 17.9 Å². The lowest BCUT2D eigenvalue weighted by Crippen LogP contribution is -2.05. The van der Waals surface area contributed by atoms with Gasteiger partial charge in [-0.1, -0.05) is 42.5 Å². The highest BCUT2D eigenvalue weighted by Gasteiger charge is 2.30. The Morgan fingerprint density at radius 3 is 2.35 bits per heavy atom. The first-order valence-corrected chi connectivity index (χ1v) is 7.92. The number of alkyl halides is 3. The highest BCUT2D eigenvalue weighted by Crippen LogP contribution is 2.32. The molecular weight excluding hydrogens is 343 g/mol. The lowest BCUT2D eigenvalue weighted by atomic mass is 10.1. The molecule has 3 aromatic rings. The number of hydrogen-bond donors (Lipinski definition) is 1. The maximum absolute atomic E-state index is 12.9. The minimum atomic E-state index is -4.43. The first-order valence-electron chi connectivity index (χ1n) is 7.92. The Balaban J connectivity index is 1.90. The van der Waals surface area contributed by atoms with Crippen LogP contribution in [0.1, 0.15) is 16.7 Å². The number of hydrogen-bond acceptors (Lipinski definition) is 3. The van der Waals surface area contributed by atoms with Crippen LogP contribution >= 0.6 is 0 Å². The third-order valence-corrected chi connectivity index (χ3v) is 3.76. The summed E-state index contributed by atoms with van der Waals surface area (Å²) < 4.78 is 44.4. The number of benzene rings is 2. The predicted octanol–water partition coefficient (Wildman–Crippen LogP) is 4.84. The summed E-state index contributed by atoms with van der Waals surface area (Å²) in [4.78, 5) is 4.29. The molecule has 0 unspecified atom stereocenters. The van der Waals surface area contributed by atoms with E-state index in [-0.39, 0.29) is 19.1 Å². The van der Waals surface area contributed by atoms with Crippen LogP contribution < -0.4 is 4.74 Å². The summed E-state index contributed by atoms with van der Waals surface area (Å²) in [6.45, 7) is 0.000924. The first kappa shape index (κ1) is 17.9. The quantitative estimate of drug-likeness (QED) is 0.709. The molecule has 3 nitrogen and oxygen atoms in total. The first-order chi connectivity index (χ1) is 12.5. The Hall–Kier alpha value is -2.86. The van der Waals surface area contributed by atoms with E-state index in [4.69, 9.17) is 4.74 Å². The van der Waals surface area contributed by atoms with Crippen molar-refractivity contribution < 1.29 is 23.0 Å². The van der Waals surface area contributed by atoms with Gasteiger partial charge in [0.15, 0.2) is 0 Å². The Morgan fingerprint density at radius 1 is 0.885 bits per heavy atom. The SMILES string of the molecule is OCc1cc(OCc2ccccc2)nc(-c2cccc(C(F)(F)F)c2)c1. The molecule has 2 aromatic carbocycles. The molecule has 0 saturated carbocycles. The monoisotopic (exact) mass is 359 g/mol. The van der Waals surface area contributed by atoms with Gasteiger partial charge in [0.25, 0.3) is 0 Å². The summed E-state index contributed by atoms with van der Waals surface area (Å²) in [5, 5.41) is 9.44. The van der Waals surface area contributed by atoms with E-state index in [1.165, 1.54) is 6.07 Å². The second-order valence-electron chi connectivity index (χ2n) is 5.71. The Bertz CT molecular complexity index is 880. The van der Waals surface area contributed by atoms with Crippen molar-refractivity contribution in [1.82, 2.24) is 4.98 Å². The maximum Gasteiger partial charge on any atom is 0.416 e. The number of pyridine rings is 1. The smallest absolute Gasteiger partial charge is 0.416 e. The molecule has 0 aliphatic rings. The van der Waals surface area contributed by atoms with Gasteiger partial charge >= 0.3 is 6.18 Å². The Labute approximate surface area is 148 Å². The number of aliphatic hydroxyl groups excluding tert-OH is 1. The van der Waals surface area contributed by atoms with Gasteiger partial charge in [0.1, 0.15) is 6.61 Å². The average Bonchev–Trinajstić information content (AvgIpc) is 2.66. The summed E-state index contributed by atoms with van der Waals surface area (Å²) in [6.07, 6.45) is -4.43. The highest BCUT2D eigenvalue weighted by atomic mass is 19.4. The van der Waals surface area contributed by atoms with Crippen LogP contribution in [0.2, 0.25) is 0 Å². The Morgan fingerprint density at radius 2 is 1.65 bits per heavy atom. The van der Waals surface area contributed by atoms with Gasteiger partial charge < -0.3 is 9.84 Å². The maximum atomic E-state index is 12.9. The largest absolute Gasteiger partial charge is 0.473 e. The van der Waals surface area contributed by atoms with Crippen LogP contribution in [0.3, 0.4) is 0 Å². The topological polar surface area (TPSA) is 42.4 Å². The van der Waals surface area contributed by atoms with Crippen molar-refractivity contribution in [2.24, 2.45) is 0 Å². The van der Waals surface area contributed by atoms with Crippen LogP contribution in [0.25, 0.3) is 11.3 Å². The minimum absolute atomic E-state index is 0.243. The van der Waals surface area contributed by atoms with Crippen molar-refractivity contribution in [3.8, 4) is 17.1 Å². The van der Waals surface area contributed by atoms with Crippen LogP contribution in [-0.2, 0) is 19.4 Å². The second kappa shape index (κ2) is 7.58. The van der Waals surface area contributed by atoms with Gasteiger partial charge in [-0.3, -0.25) is 0 Å². The van der Waals surface area contributed by atoms with E-state index in [1.807, 2.05) is 30.3 Å². The van der Waals surface area contributed by atoms with Gasteiger partial charge in [-0.15, -0.1) is 0 Å². The van der Waals surface area contributed by atoms with Crippen LogP contribution in [0, 0.1) is 0 Å². The van der Waals surface area contributed by atoms with Gasteiger partial charge in [-0.25, -0.2) is 4.98 Å². The van der Waals surface area contributed by atoms with Crippen molar-refractivity contribution in [1.29, 1.82) is 0 Å². The molecule has 26 heavy (non-hydrogen) atoms. The zero-order chi connectivity index (χ0) is 18.6. The van der Waals surface area contributed by atoms with Gasteiger partial charge in [0.2, 0.25) is 5.88 Å². The molecule has 0 saturated heterocycles. The molecule has 0 aliphatic heterocycles.